The predicted molar refractivity (Wildman–Crippen MR) is 109 cm³/mol. The second kappa shape index (κ2) is 7.18. The van der Waals surface area contributed by atoms with E-state index in [1.165, 1.54) is 23.1 Å². The third-order valence-corrected chi connectivity index (χ3v) is 5.54. The molecule has 1 fully saturated rings. The number of phenolic OH excluding ortho intramolecular Hbond substituents is 1. The summed E-state index contributed by atoms with van der Waals surface area (Å²) in [5.74, 6) is -0.524. The fourth-order valence-corrected chi connectivity index (χ4v) is 4.17. The number of carbonyl (C=O) groups excluding carboxylic acids is 1. The van der Waals surface area contributed by atoms with Crippen LogP contribution in [0.25, 0.3) is 6.08 Å². The molecule has 0 atom stereocenters. The molecule has 1 aliphatic rings. The van der Waals surface area contributed by atoms with E-state index >= 15 is 0 Å². The van der Waals surface area contributed by atoms with Crippen LogP contribution in [0, 0.1) is 17.0 Å². The number of carbonyl (C=O) groups is 1. The van der Waals surface area contributed by atoms with Gasteiger partial charge in [-0.15, -0.1) is 0 Å². The lowest BCUT2D eigenvalue weighted by Crippen LogP contribution is -2.27. The molecule has 3 rings (SSSR count). The third-order valence-electron chi connectivity index (χ3n) is 3.63. The number of amides is 1. The molecule has 9 heteroatoms. The van der Waals surface area contributed by atoms with Gasteiger partial charge in [-0.3, -0.25) is 19.8 Å². The Morgan fingerprint density at radius 2 is 2.08 bits per heavy atom. The molecule has 1 N–H and O–H groups in total. The SMILES string of the molecule is Cc1cccc(N2C(=O)C(=Cc3cc([N+](=O)[O-])cc(Br)c3O)SC2=S)c1. The minimum atomic E-state index is -0.570. The van der Waals surface area contributed by atoms with Crippen molar-refractivity contribution in [3.8, 4) is 5.75 Å². The van der Waals surface area contributed by atoms with E-state index < -0.39 is 4.92 Å². The Hall–Kier alpha value is -2.23. The molecule has 0 radical (unpaired) electrons. The first-order chi connectivity index (χ1) is 12.3. The zero-order chi connectivity index (χ0) is 19.0. The van der Waals surface area contributed by atoms with Crippen LogP contribution >= 0.6 is 39.9 Å². The van der Waals surface area contributed by atoms with E-state index in [1.807, 2.05) is 25.1 Å². The van der Waals surface area contributed by atoms with Gasteiger partial charge in [-0.25, -0.2) is 0 Å². The molecule has 132 valence electrons. The maximum atomic E-state index is 12.8. The second-order valence-electron chi connectivity index (χ2n) is 5.48. The molecule has 26 heavy (non-hydrogen) atoms. The molecule has 1 heterocycles. The van der Waals surface area contributed by atoms with E-state index in [0.29, 0.717) is 10.0 Å². The maximum absolute atomic E-state index is 12.8. The number of nitrogens with zero attached hydrogens (tertiary/aromatic N) is 2. The summed E-state index contributed by atoms with van der Waals surface area (Å²) in [6.45, 7) is 1.91. The molecule has 0 aromatic heterocycles. The summed E-state index contributed by atoms with van der Waals surface area (Å²) in [5, 5.41) is 21.2. The van der Waals surface area contributed by atoms with E-state index in [0.717, 1.165) is 17.3 Å². The van der Waals surface area contributed by atoms with Crippen molar-refractivity contribution in [1.29, 1.82) is 0 Å². The van der Waals surface area contributed by atoms with Gasteiger partial charge in [0.2, 0.25) is 0 Å². The summed E-state index contributed by atoms with van der Waals surface area (Å²) in [6.07, 6.45) is 1.40. The van der Waals surface area contributed by atoms with E-state index in [9.17, 15) is 20.0 Å². The number of thioether (sulfide) groups is 1. The normalized spacial score (nSPS) is 15.8. The first kappa shape index (κ1) is 18.6. The van der Waals surface area contributed by atoms with Gasteiger partial charge in [0.1, 0.15) is 5.75 Å². The molecule has 0 spiro atoms. The van der Waals surface area contributed by atoms with Gasteiger partial charge in [0.05, 0.1) is 20.0 Å². The molecule has 2 aromatic carbocycles. The van der Waals surface area contributed by atoms with E-state index in [4.69, 9.17) is 12.2 Å². The fraction of sp³-hybridized carbons (Fsp3) is 0.0588. The number of thiocarbonyl (C=S) groups is 1. The average Bonchev–Trinajstić information content (AvgIpc) is 2.85. The summed E-state index contributed by atoms with van der Waals surface area (Å²) in [6, 6.07) is 9.77. The van der Waals surface area contributed by atoms with Crippen LogP contribution < -0.4 is 4.90 Å². The van der Waals surface area contributed by atoms with Crippen LogP contribution in [0.4, 0.5) is 11.4 Å². The van der Waals surface area contributed by atoms with Gasteiger partial charge in [0.25, 0.3) is 11.6 Å². The van der Waals surface area contributed by atoms with Crippen molar-refractivity contribution in [2.24, 2.45) is 0 Å². The Labute approximate surface area is 166 Å². The number of rotatable bonds is 3. The lowest BCUT2D eigenvalue weighted by Gasteiger charge is -2.14. The zero-order valence-electron chi connectivity index (χ0n) is 13.3. The second-order valence-corrected chi connectivity index (χ2v) is 8.01. The summed E-state index contributed by atoms with van der Waals surface area (Å²) in [7, 11) is 0. The van der Waals surface area contributed by atoms with Crippen LogP contribution in [-0.2, 0) is 4.79 Å². The summed E-state index contributed by atoms with van der Waals surface area (Å²) >= 11 is 9.47. The third kappa shape index (κ3) is 3.50. The Balaban J connectivity index is 2.02. The Morgan fingerprint density at radius 1 is 1.35 bits per heavy atom. The van der Waals surface area contributed by atoms with Gasteiger partial charge in [0, 0.05) is 17.7 Å². The number of non-ortho nitro benzene ring substituents is 1. The Kier molecular flexibility index (Phi) is 5.12. The van der Waals surface area contributed by atoms with Crippen molar-refractivity contribution < 1.29 is 14.8 Å². The van der Waals surface area contributed by atoms with Gasteiger partial charge in [-0.1, -0.05) is 36.1 Å². The zero-order valence-corrected chi connectivity index (χ0v) is 16.5. The van der Waals surface area contributed by atoms with Gasteiger partial charge < -0.3 is 5.11 Å². The van der Waals surface area contributed by atoms with Crippen molar-refractivity contribution in [2.45, 2.75) is 6.92 Å². The van der Waals surface area contributed by atoms with Crippen LogP contribution in [0.1, 0.15) is 11.1 Å². The van der Waals surface area contributed by atoms with Crippen molar-refractivity contribution in [3.05, 3.63) is 67.0 Å². The van der Waals surface area contributed by atoms with Gasteiger partial charge in [0.15, 0.2) is 4.32 Å². The number of nitro groups is 1. The van der Waals surface area contributed by atoms with Crippen molar-refractivity contribution in [1.82, 2.24) is 0 Å². The molecule has 0 aliphatic carbocycles. The quantitative estimate of drug-likeness (QED) is 0.313. The number of anilines is 1. The van der Waals surface area contributed by atoms with Crippen LogP contribution in [0.15, 0.2) is 45.8 Å². The van der Waals surface area contributed by atoms with Gasteiger partial charge in [-0.05, 0) is 46.6 Å². The van der Waals surface area contributed by atoms with Gasteiger partial charge >= 0.3 is 0 Å². The average molecular weight is 451 g/mol. The highest BCUT2D eigenvalue weighted by molar-refractivity contribution is 9.10. The number of hydrogen-bond acceptors (Lipinski definition) is 6. The van der Waals surface area contributed by atoms with Crippen molar-refractivity contribution in [2.75, 3.05) is 4.90 Å². The minimum Gasteiger partial charge on any atom is -0.506 e. The predicted octanol–water partition coefficient (Wildman–Crippen LogP) is 4.78. The summed E-state index contributed by atoms with van der Waals surface area (Å²) in [5.41, 5.74) is 1.60. The Morgan fingerprint density at radius 3 is 2.73 bits per heavy atom. The first-order valence-electron chi connectivity index (χ1n) is 7.29. The fourth-order valence-electron chi connectivity index (χ4n) is 2.42. The monoisotopic (exact) mass is 450 g/mol. The minimum absolute atomic E-state index is 0.163. The molecule has 0 bridgehead atoms. The largest absolute Gasteiger partial charge is 0.506 e. The molecule has 1 amide bonds. The van der Waals surface area contributed by atoms with Crippen LogP contribution in [0.5, 0.6) is 5.75 Å². The molecule has 0 saturated carbocycles. The lowest BCUT2D eigenvalue weighted by atomic mass is 10.1. The van der Waals surface area contributed by atoms with Crippen molar-refractivity contribution in [3.63, 3.8) is 0 Å². The number of benzene rings is 2. The standard InChI is InChI=1S/C17H11BrN2O4S2/c1-9-3-2-4-11(5-9)19-16(22)14(26-17(19)25)7-10-6-12(20(23)24)8-13(18)15(10)21/h2-8,21H,1H3. The van der Waals surface area contributed by atoms with E-state index in [2.05, 4.69) is 15.9 Å². The molecule has 2 aromatic rings. The van der Waals surface area contributed by atoms with Gasteiger partial charge in [-0.2, -0.15) is 0 Å². The van der Waals surface area contributed by atoms with E-state index in [-0.39, 0.29) is 32.3 Å². The number of halogens is 1. The number of hydrogen-bond donors (Lipinski definition) is 1. The molecule has 1 saturated heterocycles. The molecule has 1 aliphatic heterocycles. The maximum Gasteiger partial charge on any atom is 0.271 e. The highest BCUT2D eigenvalue weighted by atomic mass is 79.9. The number of aryl methyl sites for hydroxylation is 1. The molecule has 6 nitrogen and oxygen atoms in total. The van der Waals surface area contributed by atoms with Crippen LogP contribution in [-0.4, -0.2) is 20.3 Å². The Bertz CT molecular complexity index is 991. The highest BCUT2D eigenvalue weighted by Gasteiger charge is 2.33. The van der Waals surface area contributed by atoms with Crippen molar-refractivity contribution >= 4 is 67.6 Å². The summed E-state index contributed by atoms with van der Waals surface area (Å²) < 4.78 is 0.531. The first-order valence-corrected chi connectivity index (χ1v) is 9.31. The van der Waals surface area contributed by atoms with E-state index in [1.54, 1.807) is 6.07 Å². The van der Waals surface area contributed by atoms with Crippen LogP contribution in [0.2, 0.25) is 0 Å². The molecule has 0 unspecified atom stereocenters. The number of nitro benzene ring substituents is 1. The smallest absolute Gasteiger partial charge is 0.271 e. The summed E-state index contributed by atoms with van der Waals surface area (Å²) in [4.78, 5) is 24.9. The molecular weight excluding hydrogens is 440 g/mol. The lowest BCUT2D eigenvalue weighted by molar-refractivity contribution is -0.385. The molecular formula is C17H11BrN2O4S2. The number of phenols is 1. The highest BCUT2D eigenvalue weighted by Crippen LogP contribution is 2.39. The topological polar surface area (TPSA) is 83.7 Å². The van der Waals surface area contributed by atoms with Crippen LogP contribution in [0.3, 0.4) is 0 Å². The number of aromatic hydroxyl groups is 1.